The Morgan fingerprint density at radius 3 is 1.57 bits per heavy atom. The van der Waals surface area contributed by atoms with Gasteiger partial charge in [-0.25, -0.2) is 0 Å². The van der Waals surface area contributed by atoms with Crippen molar-refractivity contribution in [2.45, 2.75) is 41.5 Å². The van der Waals surface area contributed by atoms with E-state index in [0.29, 0.717) is 0 Å². The molecule has 0 aliphatic heterocycles. The molecule has 87 valence electrons. The minimum Gasteiger partial charge on any atom is -0.512 e. The second-order valence-corrected chi connectivity index (χ2v) is 5.39. The van der Waals surface area contributed by atoms with Gasteiger partial charge < -0.3 is 5.11 Å². The van der Waals surface area contributed by atoms with Crippen molar-refractivity contribution < 1.29 is 32.3 Å². The van der Waals surface area contributed by atoms with E-state index in [2.05, 4.69) is 0 Å². The summed E-state index contributed by atoms with van der Waals surface area (Å²) in [6.45, 7) is 11.1. The molecule has 0 saturated carbocycles. The molecule has 0 rings (SSSR count). The smallest absolute Gasteiger partial charge is 0.164 e. The molecule has 0 amide bonds. The van der Waals surface area contributed by atoms with Gasteiger partial charge in [-0.05, 0) is 0 Å². The summed E-state index contributed by atoms with van der Waals surface area (Å²) in [6, 6.07) is 0. The third-order valence-electron chi connectivity index (χ3n) is 1.78. The molecule has 0 aromatic carbocycles. The van der Waals surface area contributed by atoms with Gasteiger partial charge >= 0.3 is 0 Å². The van der Waals surface area contributed by atoms with Gasteiger partial charge in [0, 0.05) is 39.3 Å². The maximum atomic E-state index is 11.5. The number of aliphatic hydroxyl groups excluding tert-OH is 1. The van der Waals surface area contributed by atoms with Gasteiger partial charge in [-0.2, -0.15) is 0 Å². The standard InChI is InChI=1S/C11H20O2.Ag/c1-10(2,3)8(12)7-9(13)11(4,5)6;/h7,12H,1-6H3;/b8-7-;. The third kappa shape index (κ3) is 5.63. The molecule has 0 aliphatic rings. The van der Waals surface area contributed by atoms with E-state index in [0.717, 1.165) is 0 Å². The molecule has 1 radical (unpaired) electrons. The number of hydrogen-bond donors (Lipinski definition) is 1. The van der Waals surface area contributed by atoms with Crippen molar-refractivity contribution in [1.82, 2.24) is 0 Å². The Hall–Kier alpha value is -0.0497. The Balaban J connectivity index is 0. The Bertz CT molecular complexity index is 229. The van der Waals surface area contributed by atoms with Gasteiger partial charge in [-0.3, -0.25) is 4.79 Å². The fourth-order valence-electron chi connectivity index (χ4n) is 0.557. The summed E-state index contributed by atoms with van der Waals surface area (Å²) >= 11 is 0. The van der Waals surface area contributed by atoms with E-state index in [9.17, 15) is 9.90 Å². The molecule has 0 aliphatic carbocycles. The number of rotatable bonds is 1. The fraction of sp³-hybridized carbons (Fsp3) is 0.727. The molecule has 0 unspecified atom stereocenters. The quantitative estimate of drug-likeness (QED) is 0.458. The molecule has 1 N–H and O–H groups in total. The Morgan fingerprint density at radius 2 is 1.36 bits per heavy atom. The molecule has 3 heteroatoms. The van der Waals surface area contributed by atoms with Crippen LogP contribution in [0.15, 0.2) is 11.8 Å². The monoisotopic (exact) mass is 291 g/mol. The van der Waals surface area contributed by atoms with Gasteiger partial charge in [-0.15, -0.1) is 0 Å². The van der Waals surface area contributed by atoms with Crippen LogP contribution in [0.4, 0.5) is 0 Å². The number of ketones is 1. The van der Waals surface area contributed by atoms with Crippen molar-refractivity contribution >= 4 is 5.78 Å². The van der Waals surface area contributed by atoms with E-state index < -0.39 is 5.41 Å². The SMILES string of the molecule is CC(C)(C)C(=O)/C=C(\O)C(C)(C)C.[Ag]. The molecule has 14 heavy (non-hydrogen) atoms. The first-order valence-electron chi connectivity index (χ1n) is 4.51. The van der Waals surface area contributed by atoms with Crippen LogP contribution in [-0.2, 0) is 27.2 Å². The zero-order valence-electron chi connectivity index (χ0n) is 9.73. The van der Waals surface area contributed by atoms with E-state index in [1.54, 1.807) is 0 Å². The maximum absolute atomic E-state index is 11.5. The number of carbonyl (C=O) groups excluding carboxylic acids is 1. The van der Waals surface area contributed by atoms with Gasteiger partial charge in [0.15, 0.2) is 5.78 Å². The normalized spacial score (nSPS) is 13.4. The zero-order chi connectivity index (χ0) is 10.9. The second-order valence-electron chi connectivity index (χ2n) is 5.39. The number of aliphatic hydroxyl groups is 1. The van der Waals surface area contributed by atoms with Gasteiger partial charge in [-0.1, -0.05) is 41.5 Å². The van der Waals surface area contributed by atoms with Crippen LogP contribution in [-0.4, -0.2) is 10.9 Å². The molecule has 0 spiro atoms. The molecule has 0 atom stereocenters. The summed E-state index contributed by atoms with van der Waals surface area (Å²) in [4.78, 5) is 11.5. The van der Waals surface area contributed by atoms with Gasteiger partial charge in [0.25, 0.3) is 0 Å². The summed E-state index contributed by atoms with van der Waals surface area (Å²) in [7, 11) is 0. The predicted octanol–water partition coefficient (Wildman–Crippen LogP) is 3.09. The average Bonchev–Trinajstić information content (AvgIpc) is 1.82. The Labute approximate surface area is 102 Å². The van der Waals surface area contributed by atoms with Crippen molar-refractivity contribution in [2.75, 3.05) is 0 Å². The second kappa shape index (κ2) is 5.15. The molecule has 0 saturated heterocycles. The van der Waals surface area contributed by atoms with E-state index >= 15 is 0 Å². The number of hydrogen-bond acceptors (Lipinski definition) is 2. The number of carbonyl (C=O) groups is 1. The summed E-state index contributed by atoms with van der Waals surface area (Å²) in [5.74, 6) is 0.104. The molecule has 0 aromatic heterocycles. The number of allylic oxidation sites excluding steroid dienone is 2. The topological polar surface area (TPSA) is 37.3 Å². The Morgan fingerprint density at radius 1 is 1.00 bits per heavy atom. The van der Waals surface area contributed by atoms with Gasteiger partial charge in [0.2, 0.25) is 0 Å². The molecular weight excluding hydrogens is 272 g/mol. The Kier molecular flexibility index (Phi) is 6.03. The molecule has 0 heterocycles. The summed E-state index contributed by atoms with van der Waals surface area (Å²) in [5.41, 5.74) is -0.764. The van der Waals surface area contributed by atoms with Crippen LogP contribution in [0.25, 0.3) is 0 Å². The first kappa shape index (κ1) is 16.4. The minimum atomic E-state index is -0.417. The van der Waals surface area contributed by atoms with Crippen molar-refractivity contribution in [2.24, 2.45) is 10.8 Å². The van der Waals surface area contributed by atoms with Crippen molar-refractivity contribution in [3.63, 3.8) is 0 Å². The van der Waals surface area contributed by atoms with Crippen molar-refractivity contribution in [1.29, 1.82) is 0 Å². The summed E-state index contributed by atoms with van der Waals surface area (Å²) in [5, 5.41) is 9.56. The first-order valence-corrected chi connectivity index (χ1v) is 4.51. The van der Waals surface area contributed by atoms with E-state index in [1.165, 1.54) is 6.08 Å². The molecule has 2 nitrogen and oxygen atoms in total. The average molecular weight is 292 g/mol. The first-order chi connectivity index (χ1) is 5.55. The minimum absolute atomic E-state index is 0. The maximum Gasteiger partial charge on any atom is 0.164 e. The van der Waals surface area contributed by atoms with E-state index in [1.807, 2.05) is 41.5 Å². The molecular formula is C11H20AgO2. The van der Waals surface area contributed by atoms with Gasteiger partial charge in [0.05, 0.1) is 0 Å². The molecule has 0 bridgehead atoms. The molecule has 0 fully saturated rings. The summed E-state index contributed by atoms with van der Waals surface area (Å²) < 4.78 is 0. The van der Waals surface area contributed by atoms with Crippen LogP contribution >= 0.6 is 0 Å². The van der Waals surface area contributed by atoms with Crippen molar-refractivity contribution in [3.8, 4) is 0 Å². The van der Waals surface area contributed by atoms with Gasteiger partial charge in [0.1, 0.15) is 5.76 Å². The van der Waals surface area contributed by atoms with Crippen molar-refractivity contribution in [3.05, 3.63) is 11.8 Å². The predicted molar refractivity (Wildman–Crippen MR) is 54.6 cm³/mol. The zero-order valence-corrected chi connectivity index (χ0v) is 11.2. The van der Waals surface area contributed by atoms with Crippen LogP contribution in [0.1, 0.15) is 41.5 Å². The van der Waals surface area contributed by atoms with Crippen LogP contribution < -0.4 is 0 Å². The van der Waals surface area contributed by atoms with Crippen LogP contribution in [0.3, 0.4) is 0 Å². The van der Waals surface area contributed by atoms with Crippen LogP contribution in [0.5, 0.6) is 0 Å². The third-order valence-corrected chi connectivity index (χ3v) is 1.78. The fourth-order valence-corrected chi connectivity index (χ4v) is 0.557. The largest absolute Gasteiger partial charge is 0.512 e. The van der Waals surface area contributed by atoms with E-state index in [4.69, 9.17) is 0 Å². The summed E-state index contributed by atoms with van der Waals surface area (Å²) in [6.07, 6.45) is 1.33. The van der Waals surface area contributed by atoms with Crippen LogP contribution in [0, 0.1) is 10.8 Å². The van der Waals surface area contributed by atoms with E-state index in [-0.39, 0.29) is 39.3 Å². The van der Waals surface area contributed by atoms with Crippen LogP contribution in [0.2, 0.25) is 0 Å². The molecule has 0 aromatic rings.